The van der Waals surface area contributed by atoms with Gasteiger partial charge in [-0.3, -0.25) is 4.79 Å². The molecule has 0 radical (unpaired) electrons. The second-order valence-electron chi connectivity index (χ2n) is 5.18. The lowest BCUT2D eigenvalue weighted by atomic mass is 9.89. The fourth-order valence-corrected chi connectivity index (χ4v) is 2.95. The maximum Gasteiger partial charge on any atom is 0.227 e. The van der Waals surface area contributed by atoms with Crippen LogP contribution in [0, 0.1) is 22.6 Å². The van der Waals surface area contributed by atoms with E-state index in [2.05, 4.69) is 21.2 Å². The van der Waals surface area contributed by atoms with Crippen molar-refractivity contribution in [3.8, 4) is 6.07 Å². The molecule has 0 aliphatic carbocycles. The molecule has 1 aliphatic rings. The minimum Gasteiger partial charge on any atom is -0.368 e. The van der Waals surface area contributed by atoms with Gasteiger partial charge in [0.1, 0.15) is 6.07 Å². The van der Waals surface area contributed by atoms with Crippen molar-refractivity contribution in [3.05, 3.63) is 28.0 Å². The van der Waals surface area contributed by atoms with Gasteiger partial charge in [0, 0.05) is 20.1 Å². The number of nitriles is 1. The Kier molecular flexibility index (Phi) is 4.00. The molecule has 1 aromatic rings. The molecule has 1 heterocycles. The summed E-state index contributed by atoms with van der Waals surface area (Å²) >= 11 is 3.11. The number of halogens is 2. The summed E-state index contributed by atoms with van der Waals surface area (Å²) in [6, 6.07) is 5.10. The van der Waals surface area contributed by atoms with Crippen molar-refractivity contribution in [1.29, 1.82) is 5.26 Å². The number of anilines is 1. The quantitative estimate of drug-likeness (QED) is 0.900. The molecule has 1 atom stereocenters. The fraction of sp³-hybridized carbons (Fsp3) is 0.429. The first kappa shape index (κ1) is 14.8. The van der Waals surface area contributed by atoms with E-state index >= 15 is 0 Å². The molecule has 20 heavy (non-hydrogen) atoms. The van der Waals surface area contributed by atoms with E-state index in [9.17, 15) is 9.18 Å². The summed E-state index contributed by atoms with van der Waals surface area (Å²) in [7, 11) is 1.61. The molecule has 6 heteroatoms. The van der Waals surface area contributed by atoms with Crippen molar-refractivity contribution >= 4 is 27.5 Å². The van der Waals surface area contributed by atoms with E-state index in [0.29, 0.717) is 25.2 Å². The van der Waals surface area contributed by atoms with Crippen LogP contribution in [0.2, 0.25) is 0 Å². The third kappa shape index (κ3) is 2.38. The summed E-state index contributed by atoms with van der Waals surface area (Å²) in [4.78, 5) is 13.7. The van der Waals surface area contributed by atoms with Crippen molar-refractivity contribution < 1.29 is 9.18 Å². The SMILES string of the molecule is CNC(=O)C1(C)CCN(c2ccc(C#N)c(Br)c2F)C1. The van der Waals surface area contributed by atoms with E-state index in [4.69, 9.17) is 5.26 Å². The predicted octanol–water partition coefficient (Wildman–Crippen LogP) is 2.42. The molecular weight excluding hydrogens is 325 g/mol. The average molecular weight is 340 g/mol. The number of amides is 1. The molecule has 1 unspecified atom stereocenters. The molecule has 106 valence electrons. The average Bonchev–Trinajstić information content (AvgIpc) is 2.84. The Morgan fingerprint density at radius 1 is 1.60 bits per heavy atom. The summed E-state index contributed by atoms with van der Waals surface area (Å²) in [5.74, 6) is -0.488. The van der Waals surface area contributed by atoms with Crippen molar-refractivity contribution in [2.75, 3.05) is 25.0 Å². The van der Waals surface area contributed by atoms with Crippen molar-refractivity contribution in [2.45, 2.75) is 13.3 Å². The molecule has 0 bridgehead atoms. The number of carbonyl (C=O) groups excluding carboxylic acids is 1. The molecule has 4 nitrogen and oxygen atoms in total. The Labute approximate surface area is 125 Å². The van der Waals surface area contributed by atoms with E-state index in [1.54, 1.807) is 19.2 Å². The maximum absolute atomic E-state index is 14.3. The van der Waals surface area contributed by atoms with E-state index in [-0.39, 0.29) is 15.9 Å². The van der Waals surface area contributed by atoms with Gasteiger partial charge in [-0.05, 0) is 41.4 Å². The lowest BCUT2D eigenvalue weighted by Crippen LogP contribution is -2.39. The second-order valence-corrected chi connectivity index (χ2v) is 5.98. The zero-order valence-electron chi connectivity index (χ0n) is 11.3. The standard InChI is InChI=1S/C14H15BrFN3O/c1-14(13(20)18-2)5-6-19(8-14)10-4-3-9(7-17)11(15)12(10)16/h3-4H,5-6,8H2,1-2H3,(H,18,20). The first-order valence-electron chi connectivity index (χ1n) is 6.28. The van der Waals surface area contributed by atoms with Gasteiger partial charge in [0.05, 0.1) is 21.1 Å². The molecule has 0 saturated carbocycles. The van der Waals surface area contributed by atoms with Gasteiger partial charge in [-0.1, -0.05) is 0 Å². The number of nitrogens with zero attached hydrogens (tertiary/aromatic N) is 2. The monoisotopic (exact) mass is 339 g/mol. The van der Waals surface area contributed by atoms with Crippen LogP contribution in [0.5, 0.6) is 0 Å². The van der Waals surface area contributed by atoms with Crippen LogP contribution in [-0.4, -0.2) is 26.0 Å². The Morgan fingerprint density at radius 3 is 2.90 bits per heavy atom. The Hall–Kier alpha value is -1.61. The summed E-state index contributed by atoms with van der Waals surface area (Å²) in [5, 5.41) is 11.5. The molecule has 1 saturated heterocycles. The van der Waals surface area contributed by atoms with Crippen molar-refractivity contribution in [3.63, 3.8) is 0 Å². The van der Waals surface area contributed by atoms with E-state index in [1.807, 2.05) is 17.9 Å². The smallest absolute Gasteiger partial charge is 0.227 e. The molecular formula is C14H15BrFN3O. The van der Waals surface area contributed by atoms with Gasteiger partial charge < -0.3 is 10.2 Å². The highest BCUT2D eigenvalue weighted by molar-refractivity contribution is 9.10. The van der Waals surface area contributed by atoms with Crippen LogP contribution in [0.3, 0.4) is 0 Å². The number of hydrogen-bond acceptors (Lipinski definition) is 3. The number of nitrogens with one attached hydrogen (secondary N) is 1. The van der Waals surface area contributed by atoms with Crippen LogP contribution in [0.25, 0.3) is 0 Å². The van der Waals surface area contributed by atoms with Crippen LogP contribution in [-0.2, 0) is 4.79 Å². The van der Waals surface area contributed by atoms with Crippen LogP contribution in [0.15, 0.2) is 16.6 Å². The highest BCUT2D eigenvalue weighted by Gasteiger charge is 2.40. The topological polar surface area (TPSA) is 56.1 Å². The van der Waals surface area contributed by atoms with E-state index in [0.717, 1.165) is 0 Å². The number of hydrogen-bond donors (Lipinski definition) is 1. The minimum absolute atomic E-state index is 0.0341. The lowest BCUT2D eigenvalue weighted by Gasteiger charge is -2.24. The zero-order valence-corrected chi connectivity index (χ0v) is 12.9. The summed E-state index contributed by atoms with van der Waals surface area (Å²) < 4.78 is 14.5. The van der Waals surface area contributed by atoms with E-state index < -0.39 is 11.2 Å². The Bertz CT molecular complexity index is 599. The van der Waals surface area contributed by atoms with Gasteiger partial charge in [0.15, 0.2) is 5.82 Å². The second kappa shape index (κ2) is 5.41. The van der Waals surface area contributed by atoms with Gasteiger partial charge in [-0.2, -0.15) is 5.26 Å². The Balaban J connectivity index is 2.30. The van der Waals surface area contributed by atoms with Gasteiger partial charge in [0.25, 0.3) is 0 Å². The van der Waals surface area contributed by atoms with Crippen LogP contribution >= 0.6 is 15.9 Å². The first-order valence-corrected chi connectivity index (χ1v) is 7.07. The summed E-state index contributed by atoms with van der Waals surface area (Å²) in [6.07, 6.45) is 0.670. The van der Waals surface area contributed by atoms with Crippen LogP contribution in [0.1, 0.15) is 18.9 Å². The zero-order chi connectivity index (χ0) is 14.9. The fourth-order valence-electron chi connectivity index (χ4n) is 2.52. The van der Waals surface area contributed by atoms with Gasteiger partial charge in [0.2, 0.25) is 5.91 Å². The largest absolute Gasteiger partial charge is 0.368 e. The summed E-state index contributed by atoms with van der Waals surface area (Å²) in [6.45, 7) is 2.95. The number of carbonyl (C=O) groups is 1. The Morgan fingerprint density at radius 2 is 2.30 bits per heavy atom. The molecule has 1 aromatic carbocycles. The number of rotatable bonds is 2. The molecule has 2 rings (SSSR count). The summed E-state index contributed by atoms with van der Waals surface area (Å²) in [5.41, 5.74) is 0.171. The van der Waals surface area contributed by atoms with Crippen LogP contribution in [0.4, 0.5) is 10.1 Å². The molecule has 1 fully saturated rings. The lowest BCUT2D eigenvalue weighted by molar-refractivity contribution is -0.128. The molecule has 1 N–H and O–H groups in total. The van der Waals surface area contributed by atoms with Gasteiger partial charge in [-0.15, -0.1) is 0 Å². The normalized spacial score (nSPS) is 21.6. The number of benzene rings is 1. The third-order valence-electron chi connectivity index (χ3n) is 3.77. The highest BCUT2D eigenvalue weighted by Crippen LogP contribution is 2.36. The highest BCUT2D eigenvalue weighted by atomic mass is 79.9. The van der Waals surface area contributed by atoms with Gasteiger partial charge in [-0.25, -0.2) is 4.39 Å². The predicted molar refractivity (Wildman–Crippen MR) is 77.8 cm³/mol. The molecule has 0 spiro atoms. The third-order valence-corrected chi connectivity index (χ3v) is 4.55. The van der Waals surface area contributed by atoms with Crippen molar-refractivity contribution in [2.24, 2.45) is 5.41 Å². The van der Waals surface area contributed by atoms with Gasteiger partial charge >= 0.3 is 0 Å². The van der Waals surface area contributed by atoms with Crippen molar-refractivity contribution in [1.82, 2.24) is 5.32 Å². The molecule has 1 aliphatic heterocycles. The first-order chi connectivity index (χ1) is 9.42. The molecule has 0 aromatic heterocycles. The van der Waals surface area contributed by atoms with Crippen LogP contribution < -0.4 is 10.2 Å². The molecule has 1 amide bonds. The minimum atomic E-state index is -0.512. The maximum atomic E-state index is 14.3. The van der Waals surface area contributed by atoms with E-state index in [1.165, 1.54) is 0 Å².